The molecule has 0 saturated heterocycles. The summed E-state index contributed by atoms with van der Waals surface area (Å²) in [5.74, 6) is -1.81. The van der Waals surface area contributed by atoms with Crippen LogP contribution in [0.2, 0.25) is 0 Å². The first kappa shape index (κ1) is 15.8. The van der Waals surface area contributed by atoms with Crippen molar-refractivity contribution in [1.29, 1.82) is 5.26 Å². The Labute approximate surface area is 129 Å². The van der Waals surface area contributed by atoms with Crippen molar-refractivity contribution in [1.82, 2.24) is 0 Å². The van der Waals surface area contributed by atoms with Gasteiger partial charge in [-0.1, -0.05) is 18.2 Å². The summed E-state index contributed by atoms with van der Waals surface area (Å²) in [6, 6.07) is 8.63. The average Bonchev–Trinajstić information content (AvgIpc) is 2.56. The van der Waals surface area contributed by atoms with E-state index in [1.807, 2.05) is 18.2 Å². The molecular weight excluding hydrogens is 280 g/mol. The molecule has 2 atom stereocenters. The Morgan fingerprint density at radius 3 is 2.86 bits per heavy atom. The van der Waals surface area contributed by atoms with Crippen molar-refractivity contribution in [3.05, 3.63) is 36.4 Å². The smallest absolute Gasteiger partial charge is 0.249 e. The highest BCUT2D eigenvalue weighted by atomic mass is 16.5. The van der Waals surface area contributed by atoms with E-state index < -0.39 is 11.8 Å². The fraction of sp³-hybridized carbons (Fsp3) is 0.353. The number of nitrogens with zero attached hydrogens (tertiary/aromatic N) is 1. The zero-order valence-electron chi connectivity index (χ0n) is 12.4. The van der Waals surface area contributed by atoms with E-state index in [9.17, 15) is 14.9 Å². The van der Waals surface area contributed by atoms with Crippen molar-refractivity contribution in [3.8, 4) is 11.8 Å². The van der Waals surface area contributed by atoms with E-state index in [1.165, 1.54) is 7.11 Å². The van der Waals surface area contributed by atoms with Crippen LogP contribution in [0.1, 0.15) is 19.3 Å². The molecule has 1 aromatic carbocycles. The van der Waals surface area contributed by atoms with Gasteiger partial charge in [0.25, 0.3) is 0 Å². The molecule has 0 fully saturated rings. The van der Waals surface area contributed by atoms with Crippen LogP contribution in [0.3, 0.4) is 0 Å². The molecule has 0 spiro atoms. The standard InChI is InChI=1S/C17H18N2O3/c1-22-14-9-5-8-13(10-14)19-17(21)15(11-18)16(20)12-6-3-2-4-7-12/h2-3,5,8-10,12,15H,4,6-7H2,1H3,(H,19,21)/t12-,15-/m0/s1. The molecule has 0 aliphatic heterocycles. The highest BCUT2D eigenvalue weighted by molar-refractivity contribution is 6.10. The minimum absolute atomic E-state index is 0.245. The zero-order valence-corrected chi connectivity index (χ0v) is 12.4. The van der Waals surface area contributed by atoms with Gasteiger partial charge in [0.2, 0.25) is 5.91 Å². The van der Waals surface area contributed by atoms with Crippen LogP contribution in [-0.4, -0.2) is 18.8 Å². The molecule has 0 aromatic heterocycles. The molecule has 5 heteroatoms. The summed E-state index contributed by atoms with van der Waals surface area (Å²) in [5, 5.41) is 11.8. The van der Waals surface area contributed by atoms with Crippen molar-refractivity contribution >= 4 is 17.4 Å². The van der Waals surface area contributed by atoms with Gasteiger partial charge in [-0.25, -0.2) is 0 Å². The molecule has 2 rings (SSSR count). The van der Waals surface area contributed by atoms with Crippen LogP contribution in [0.4, 0.5) is 5.69 Å². The second-order valence-corrected chi connectivity index (χ2v) is 5.17. The first-order valence-electron chi connectivity index (χ1n) is 7.19. The fourth-order valence-corrected chi connectivity index (χ4v) is 2.45. The lowest BCUT2D eigenvalue weighted by molar-refractivity contribution is -0.131. The van der Waals surface area contributed by atoms with E-state index >= 15 is 0 Å². The van der Waals surface area contributed by atoms with Crippen LogP contribution in [0.15, 0.2) is 36.4 Å². The van der Waals surface area contributed by atoms with Crippen molar-refractivity contribution < 1.29 is 14.3 Å². The molecule has 0 heterocycles. The van der Waals surface area contributed by atoms with Gasteiger partial charge in [0.05, 0.1) is 13.2 Å². The van der Waals surface area contributed by atoms with Crippen LogP contribution in [0.25, 0.3) is 0 Å². The molecule has 5 nitrogen and oxygen atoms in total. The number of carbonyl (C=O) groups excluding carboxylic acids is 2. The van der Waals surface area contributed by atoms with Crippen LogP contribution in [-0.2, 0) is 9.59 Å². The normalized spacial score (nSPS) is 18.1. The Hall–Kier alpha value is -2.61. The Kier molecular flexibility index (Phi) is 5.31. The van der Waals surface area contributed by atoms with Gasteiger partial charge in [0.15, 0.2) is 11.7 Å². The Morgan fingerprint density at radius 1 is 1.41 bits per heavy atom. The number of methoxy groups -OCH3 is 1. The van der Waals surface area contributed by atoms with Crippen LogP contribution < -0.4 is 10.1 Å². The molecule has 1 aromatic rings. The predicted molar refractivity (Wildman–Crippen MR) is 82.2 cm³/mol. The van der Waals surface area contributed by atoms with E-state index in [0.717, 1.165) is 6.42 Å². The molecule has 114 valence electrons. The number of allylic oxidation sites excluding steroid dienone is 2. The summed E-state index contributed by atoms with van der Waals surface area (Å²) in [6.45, 7) is 0. The molecule has 0 unspecified atom stereocenters. The SMILES string of the molecule is COc1cccc(NC(=O)[C@@H](C#N)C(=O)[C@H]2CC=CCC2)c1. The van der Waals surface area contributed by atoms with Gasteiger partial charge in [-0.15, -0.1) is 0 Å². The van der Waals surface area contributed by atoms with Crippen LogP contribution in [0.5, 0.6) is 5.75 Å². The van der Waals surface area contributed by atoms with Gasteiger partial charge in [0, 0.05) is 17.7 Å². The van der Waals surface area contributed by atoms with Crippen molar-refractivity contribution in [2.24, 2.45) is 11.8 Å². The first-order chi connectivity index (χ1) is 10.7. The number of benzene rings is 1. The van der Waals surface area contributed by atoms with Gasteiger partial charge >= 0.3 is 0 Å². The molecule has 1 amide bonds. The van der Waals surface area contributed by atoms with Crippen LogP contribution in [0, 0.1) is 23.2 Å². The van der Waals surface area contributed by atoms with Gasteiger partial charge in [-0.3, -0.25) is 9.59 Å². The number of carbonyl (C=O) groups is 2. The summed E-state index contributed by atoms with van der Waals surface area (Å²) < 4.78 is 5.08. The molecule has 1 aliphatic carbocycles. The maximum atomic E-state index is 12.3. The maximum Gasteiger partial charge on any atom is 0.249 e. The lowest BCUT2D eigenvalue weighted by atomic mass is 9.84. The number of anilines is 1. The quantitative estimate of drug-likeness (QED) is 0.669. The number of rotatable bonds is 5. The largest absolute Gasteiger partial charge is 0.497 e. The number of nitrogens with one attached hydrogen (secondary N) is 1. The van der Waals surface area contributed by atoms with Crippen LogP contribution >= 0.6 is 0 Å². The molecular formula is C17H18N2O3. The molecule has 22 heavy (non-hydrogen) atoms. The van der Waals surface area contributed by atoms with Crippen molar-refractivity contribution in [2.45, 2.75) is 19.3 Å². The summed E-state index contributed by atoms with van der Waals surface area (Å²) in [4.78, 5) is 24.6. The highest BCUT2D eigenvalue weighted by Crippen LogP contribution is 2.23. The number of ether oxygens (including phenoxy) is 1. The third-order valence-corrected chi connectivity index (χ3v) is 3.68. The second kappa shape index (κ2) is 7.41. The van der Waals surface area contributed by atoms with E-state index in [2.05, 4.69) is 5.32 Å². The van der Waals surface area contributed by atoms with Gasteiger partial charge < -0.3 is 10.1 Å². The van der Waals surface area contributed by atoms with E-state index in [4.69, 9.17) is 4.74 Å². The Balaban J connectivity index is 2.06. The molecule has 0 radical (unpaired) electrons. The number of hydrogen-bond donors (Lipinski definition) is 1. The highest BCUT2D eigenvalue weighted by Gasteiger charge is 2.32. The number of hydrogen-bond acceptors (Lipinski definition) is 4. The first-order valence-corrected chi connectivity index (χ1v) is 7.19. The maximum absolute atomic E-state index is 12.3. The summed E-state index contributed by atoms with van der Waals surface area (Å²) in [7, 11) is 1.53. The summed E-state index contributed by atoms with van der Waals surface area (Å²) in [5.41, 5.74) is 0.501. The topological polar surface area (TPSA) is 79.2 Å². The Morgan fingerprint density at radius 2 is 2.23 bits per heavy atom. The number of amides is 1. The lowest BCUT2D eigenvalue weighted by Crippen LogP contribution is -2.33. The Bertz CT molecular complexity index is 631. The predicted octanol–water partition coefficient (Wildman–Crippen LogP) is 2.70. The fourth-order valence-electron chi connectivity index (χ4n) is 2.45. The third-order valence-electron chi connectivity index (χ3n) is 3.68. The van der Waals surface area contributed by atoms with Crippen molar-refractivity contribution in [2.75, 3.05) is 12.4 Å². The average molecular weight is 298 g/mol. The lowest BCUT2D eigenvalue weighted by Gasteiger charge is -2.19. The second-order valence-electron chi connectivity index (χ2n) is 5.17. The minimum atomic E-state index is -1.28. The molecule has 1 N–H and O–H groups in total. The minimum Gasteiger partial charge on any atom is -0.497 e. The number of ketones is 1. The number of nitriles is 1. The molecule has 1 aliphatic rings. The van der Waals surface area contributed by atoms with Gasteiger partial charge in [-0.05, 0) is 31.4 Å². The monoisotopic (exact) mass is 298 g/mol. The molecule has 0 bridgehead atoms. The van der Waals surface area contributed by atoms with Crippen molar-refractivity contribution in [3.63, 3.8) is 0 Å². The van der Waals surface area contributed by atoms with E-state index in [1.54, 1.807) is 24.3 Å². The van der Waals surface area contributed by atoms with Gasteiger partial charge in [-0.2, -0.15) is 5.26 Å². The zero-order chi connectivity index (χ0) is 15.9. The van der Waals surface area contributed by atoms with Gasteiger partial charge in [0.1, 0.15) is 5.75 Å². The van der Waals surface area contributed by atoms with E-state index in [-0.39, 0.29) is 11.7 Å². The summed E-state index contributed by atoms with van der Waals surface area (Å²) >= 11 is 0. The molecule has 0 saturated carbocycles. The number of Topliss-reactive ketones (excluding diaryl/α,β-unsaturated/α-hetero) is 1. The summed E-state index contributed by atoms with van der Waals surface area (Å²) in [6.07, 6.45) is 6.05. The third kappa shape index (κ3) is 3.73. The van der Waals surface area contributed by atoms with E-state index in [0.29, 0.717) is 24.3 Å².